The fourth-order valence-electron chi connectivity index (χ4n) is 3.10. The summed E-state index contributed by atoms with van der Waals surface area (Å²) >= 11 is 12.0. The van der Waals surface area contributed by atoms with Gasteiger partial charge in [0.25, 0.3) is 5.91 Å². The lowest BCUT2D eigenvalue weighted by Gasteiger charge is -2.36. The second-order valence-corrected chi connectivity index (χ2v) is 7.17. The Morgan fingerprint density at radius 1 is 1.17 bits per heavy atom. The molecule has 4 rings (SSSR count). The number of aromatic nitrogens is 1. The average Bonchev–Trinajstić information content (AvgIpc) is 3.22. The Labute approximate surface area is 144 Å². The van der Waals surface area contributed by atoms with Gasteiger partial charge in [0, 0.05) is 12.0 Å². The molecule has 1 aromatic carbocycles. The van der Waals surface area contributed by atoms with Gasteiger partial charge in [-0.3, -0.25) is 4.79 Å². The van der Waals surface area contributed by atoms with E-state index in [1.807, 2.05) is 18.2 Å². The number of amides is 1. The Morgan fingerprint density at radius 3 is 2.65 bits per heavy atom. The standard InChI is InChI=1S/C17H16Cl2N2O2/c18-13-4-3-10(7-14(13)19)11-5-12(6-11)21-17(22)16-15(9-1-2-9)20-8-23-16/h3-4,7-9,11-12H,1-2,5-6H2,(H,21,22). The van der Waals surface area contributed by atoms with Crippen molar-refractivity contribution in [3.05, 3.63) is 51.7 Å². The zero-order chi connectivity index (χ0) is 16.0. The molecule has 2 aliphatic carbocycles. The Hall–Kier alpha value is -1.52. The molecule has 0 saturated heterocycles. The minimum Gasteiger partial charge on any atom is -0.438 e. The summed E-state index contributed by atoms with van der Waals surface area (Å²) in [5.41, 5.74) is 1.98. The van der Waals surface area contributed by atoms with E-state index < -0.39 is 0 Å². The number of hydrogen-bond donors (Lipinski definition) is 1. The number of rotatable bonds is 4. The zero-order valence-electron chi connectivity index (χ0n) is 12.4. The van der Waals surface area contributed by atoms with Crippen molar-refractivity contribution in [3.63, 3.8) is 0 Å². The van der Waals surface area contributed by atoms with Crippen LogP contribution in [0.15, 0.2) is 29.0 Å². The predicted octanol–water partition coefficient (Wildman–Crippen LogP) is 4.53. The van der Waals surface area contributed by atoms with Gasteiger partial charge in [0.1, 0.15) is 0 Å². The molecular weight excluding hydrogens is 335 g/mol. The number of carbonyl (C=O) groups is 1. The molecule has 0 unspecified atom stereocenters. The summed E-state index contributed by atoms with van der Waals surface area (Å²) in [4.78, 5) is 16.5. The van der Waals surface area contributed by atoms with Gasteiger partial charge >= 0.3 is 0 Å². The molecule has 6 heteroatoms. The van der Waals surface area contributed by atoms with Crippen LogP contribution in [-0.4, -0.2) is 16.9 Å². The molecule has 120 valence electrons. The van der Waals surface area contributed by atoms with Crippen molar-refractivity contribution >= 4 is 29.1 Å². The number of carbonyl (C=O) groups excluding carboxylic acids is 1. The van der Waals surface area contributed by atoms with Gasteiger partial charge in [-0.05, 0) is 49.3 Å². The van der Waals surface area contributed by atoms with Crippen molar-refractivity contribution in [2.75, 3.05) is 0 Å². The fourth-order valence-corrected chi connectivity index (χ4v) is 3.40. The van der Waals surface area contributed by atoms with Gasteiger partial charge in [0.05, 0.1) is 15.7 Å². The molecular formula is C17H16Cl2N2O2. The van der Waals surface area contributed by atoms with E-state index in [1.165, 1.54) is 12.0 Å². The Bertz CT molecular complexity index is 749. The van der Waals surface area contributed by atoms with E-state index in [9.17, 15) is 4.79 Å². The first kappa shape index (κ1) is 15.0. The normalized spacial score (nSPS) is 23.4. The van der Waals surface area contributed by atoms with E-state index in [4.69, 9.17) is 27.6 Å². The second kappa shape index (κ2) is 5.84. The maximum Gasteiger partial charge on any atom is 0.289 e. The van der Waals surface area contributed by atoms with E-state index in [1.54, 1.807) is 0 Å². The highest BCUT2D eigenvalue weighted by Crippen LogP contribution is 2.41. The lowest BCUT2D eigenvalue weighted by molar-refractivity contribution is 0.0879. The lowest BCUT2D eigenvalue weighted by Crippen LogP contribution is -2.43. The highest BCUT2D eigenvalue weighted by molar-refractivity contribution is 6.42. The number of oxazole rings is 1. The fraction of sp³-hybridized carbons (Fsp3) is 0.412. The molecule has 2 aliphatic rings. The zero-order valence-corrected chi connectivity index (χ0v) is 13.9. The van der Waals surface area contributed by atoms with E-state index in [0.717, 1.165) is 31.4 Å². The number of nitrogens with one attached hydrogen (secondary N) is 1. The molecule has 23 heavy (non-hydrogen) atoms. The van der Waals surface area contributed by atoms with Crippen LogP contribution in [0.5, 0.6) is 0 Å². The molecule has 1 amide bonds. The predicted molar refractivity (Wildman–Crippen MR) is 88.2 cm³/mol. The highest BCUT2D eigenvalue weighted by atomic mass is 35.5. The van der Waals surface area contributed by atoms with Crippen LogP contribution >= 0.6 is 23.2 Å². The van der Waals surface area contributed by atoms with Gasteiger partial charge in [-0.25, -0.2) is 4.98 Å². The largest absolute Gasteiger partial charge is 0.438 e. The van der Waals surface area contributed by atoms with Gasteiger partial charge in [-0.2, -0.15) is 0 Å². The molecule has 0 spiro atoms. The topological polar surface area (TPSA) is 55.1 Å². The van der Waals surface area contributed by atoms with Crippen molar-refractivity contribution in [2.24, 2.45) is 0 Å². The first-order chi connectivity index (χ1) is 11.1. The SMILES string of the molecule is O=C(NC1CC(c2ccc(Cl)c(Cl)c2)C1)c1ocnc1C1CC1. The Morgan fingerprint density at radius 2 is 1.96 bits per heavy atom. The molecule has 0 aliphatic heterocycles. The van der Waals surface area contributed by atoms with Crippen molar-refractivity contribution in [1.82, 2.24) is 10.3 Å². The smallest absolute Gasteiger partial charge is 0.289 e. The first-order valence-electron chi connectivity index (χ1n) is 7.81. The molecule has 1 N–H and O–H groups in total. The van der Waals surface area contributed by atoms with Crippen LogP contribution in [0, 0.1) is 0 Å². The monoisotopic (exact) mass is 350 g/mol. The van der Waals surface area contributed by atoms with Crippen LogP contribution in [0.3, 0.4) is 0 Å². The van der Waals surface area contributed by atoms with Gasteiger partial charge in [0.15, 0.2) is 6.39 Å². The number of halogens is 2. The molecule has 1 aromatic heterocycles. The third-order valence-corrected chi connectivity index (χ3v) is 5.39. The van der Waals surface area contributed by atoms with E-state index in [2.05, 4.69) is 10.3 Å². The average molecular weight is 351 g/mol. The third kappa shape index (κ3) is 2.98. The molecule has 0 atom stereocenters. The van der Waals surface area contributed by atoms with Crippen LogP contribution in [-0.2, 0) is 0 Å². The van der Waals surface area contributed by atoms with E-state index >= 15 is 0 Å². The highest BCUT2D eigenvalue weighted by Gasteiger charge is 2.35. The maximum absolute atomic E-state index is 12.3. The summed E-state index contributed by atoms with van der Waals surface area (Å²) in [5, 5.41) is 4.18. The van der Waals surface area contributed by atoms with E-state index in [-0.39, 0.29) is 11.9 Å². The lowest BCUT2D eigenvalue weighted by atomic mass is 9.76. The minimum atomic E-state index is -0.151. The maximum atomic E-state index is 12.3. The van der Waals surface area contributed by atoms with Gasteiger partial charge < -0.3 is 9.73 Å². The van der Waals surface area contributed by atoms with Crippen LogP contribution in [0.1, 0.15) is 59.3 Å². The summed E-state index contributed by atoms with van der Waals surface area (Å²) < 4.78 is 5.28. The number of hydrogen-bond acceptors (Lipinski definition) is 3. The minimum absolute atomic E-state index is 0.151. The van der Waals surface area contributed by atoms with Crippen molar-refractivity contribution in [2.45, 2.75) is 43.6 Å². The molecule has 1 heterocycles. The summed E-state index contributed by atoms with van der Waals surface area (Å²) in [6, 6.07) is 5.90. The summed E-state index contributed by atoms with van der Waals surface area (Å²) in [5.74, 6) is 1.04. The van der Waals surface area contributed by atoms with Crippen molar-refractivity contribution < 1.29 is 9.21 Å². The van der Waals surface area contributed by atoms with Crippen molar-refractivity contribution in [1.29, 1.82) is 0 Å². The summed E-state index contributed by atoms with van der Waals surface area (Å²) in [7, 11) is 0. The van der Waals surface area contributed by atoms with Gasteiger partial charge in [-0.1, -0.05) is 29.3 Å². The van der Waals surface area contributed by atoms with Crippen LogP contribution in [0.2, 0.25) is 10.0 Å². The summed E-state index contributed by atoms with van der Waals surface area (Å²) in [6.45, 7) is 0. The second-order valence-electron chi connectivity index (χ2n) is 6.35. The molecule has 0 bridgehead atoms. The number of benzene rings is 1. The first-order valence-corrected chi connectivity index (χ1v) is 8.56. The summed E-state index contributed by atoms with van der Waals surface area (Å²) in [6.07, 6.45) is 5.35. The molecule has 0 radical (unpaired) electrons. The molecule has 4 nitrogen and oxygen atoms in total. The van der Waals surface area contributed by atoms with Crippen LogP contribution in [0.4, 0.5) is 0 Å². The van der Waals surface area contributed by atoms with Crippen molar-refractivity contribution in [3.8, 4) is 0 Å². The van der Waals surface area contributed by atoms with Crippen LogP contribution in [0.25, 0.3) is 0 Å². The third-order valence-electron chi connectivity index (χ3n) is 4.65. The van der Waals surface area contributed by atoms with Gasteiger partial charge in [0.2, 0.25) is 5.76 Å². The molecule has 2 fully saturated rings. The molecule has 2 aromatic rings. The Balaban J connectivity index is 1.36. The number of nitrogens with zero attached hydrogens (tertiary/aromatic N) is 1. The quantitative estimate of drug-likeness (QED) is 0.880. The van der Waals surface area contributed by atoms with Crippen LogP contribution < -0.4 is 5.32 Å². The molecule has 2 saturated carbocycles. The van der Waals surface area contributed by atoms with E-state index in [0.29, 0.717) is 27.6 Å². The van der Waals surface area contributed by atoms with Gasteiger partial charge in [-0.15, -0.1) is 0 Å². The Kier molecular flexibility index (Phi) is 3.82.